The van der Waals surface area contributed by atoms with E-state index in [1.165, 1.54) is 0 Å². The number of hydrogen-bond donors (Lipinski definition) is 4. The Kier molecular flexibility index (Phi) is 3.23. The van der Waals surface area contributed by atoms with Gasteiger partial charge in [0.2, 0.25) is 0 Å². The van der Waals surface area contributed by atoms with Gasteiger partial charge >= 0.3 is 5.97 Å². The summed E-state index contributed by atoms with van der Waals surface area (Å²) >= 11 is 0. The van der Waals surface area contributed by atoms with Crippen molar-refractivity contribution in [2.45, 2.75) is 5.54 Å². The molecule has 0 radical (unpaired) electrons. The Hall–Kier alpha value is -2.40. The number of carbonyl (C=O) groups is 1. The molecule has 0 aromatic heterocycles. The van der Waals surface area contributed by atoms with Crippen molar-refractivity contribution in [2.24, 2.45) is 17.4 Å². The normalized spacial score (nSPS) is 25.2. The summed E-state index contributed by atoms with van der Waals surface area (Å²) in [6.45, 7) is 0. The maximum Gasteiger partial charge on any atom is 0.314 e. The van der Waals surface area contributed by atoms with E-state index in [2.05, 4.69) is 0 Å². The maximum absolute atomic E-state index is 10.9. The van der Waals surface area contributed by atoms with Gasteiger partial charge in [0.05, 0.1) is 11.5 Å². The van der Waals surface area contributed by atoms with Crippen LogP contribution in [0.4, 0.5) is 0 Å². The third kappa shape index (κ3) is 2.41. The van der Waals surface area contributed by atoms with Crippen molar-refractivity contribution in [2.75, 3.05) is 0 Å². The minimum absolute atomic E-state index is 0.0671. The fourth-order valence-corrected chi connectivity index (χ4v) is 2.09. The second kappa shape index (κ2) is 4.70. The smallest absolute Gasteiger partial charge is 0.314 e. The van der Waals surface area contributed by atoms with Gasteiger partial charge in [-0.15, -0.1) is 0 Å². The molecule has 0 atom stereocenters. The van der Waals surface area contributed by atoms with Crippen molar-refractivity contribution in [1.82, 2.24) is 0 Å². The summed E-state index contributed by atoms with van der Waals surface area (Å²) in [6.07, 6.45) is 6.35. The molecule has 1 aliphatic rings. The third-order valence-corrected chi connectivity index (χ3v) is 3.13. The zero-order chi connectivity index (χ0) is 14.0. The number of carboxylic acids is 1. The highest BCUT2D eigenvalue weighted by atomic mass is 16.4. The molecular weight excluding hydrogens is 242 g/mol. The first kappa shape index (κ1) is 13.0. The average molecular weight is 257 g/mol. The molecule has 2 rings (SSSR count). The molecule has 1 aromatic carbocycles. The van der Waals surface area contributed by atoms with Gasteiger partial charge in [0, 0.05) is 5.56 Å². The molecule has 0 saturated carbocycles. The molecule has 0 heterocycles. The number of aliphatic carboxylic acids is 1. The molecule has 1 aliphatic carbocycles. The Balaban J connectivity index is 2.43. The Morgan fingerprint density at radius 1 is 1.26 bits per heavy atom. The molecule has 5 nitrogen and oxygen atoms in total. The standard InChI is InChI=1S/C14H15N3O2/c15-12(16)10-3-1-2-4-11(10)14(17)7-5-9(6-8-14)13(18)19/h1-9H,17H2,(H3,15,16)(H,18,19). The van der Waals surface area contributed by atoms with Gasteiger partial charge in [-0.2, -0.15) is 0 Å². The Bertz CT molecular complexity index is 576. The van der Waals surface area contributed by atoms with E-state index in [0.29, 0.717) is 11.1 Å². The van der Waals surface area contributed by atoms with Crippen LogP contribution in [0.1, 0.15) is 11.1 Å². The highest BCUT2D eigenvalue weighted by molar-refractivity contribution is 5.97. The fraction of sp³-hybridized carbons (Fsp3) is 0.143. The van der Waals surface area contributed by atoms with E-state index >= 15 is 0 Å². The first-order chi connectivity index (χ1) is 8.94. The largest absolute Gasteiger partial charge is 0.481 e. The summed E-state index contributed by atoms with van der Waals surface area (Å²) in [5.74, 6) is -1.65. The lowest BCUT2D eigenvalue weighted by molar-refractivity contribution is -0.138. The van der Waals surface area contributed by atoms with E-state index in [-0.39, 0.29) is 5.84 Å². The van der Waals surface area contributed by atoms with Crippen molar-refractivity contribution >= 4 is 11.8 Å². The van der Waals surface area contributed by atoms with Crippen LogP contribution >= 0.6 is 0 Å². The van der Waals surface area contributed by atoms with Crippen LogP contribution in [0.3, 0.4) is 0 Å². The summed E-state index contributed by atoms with van der Waals surface area (Å²) in [7, 11) is 0. The zero-order valence-corrected chi connectivity index (χ0v) is 10.2. The molecule has 0 aliphatic heterocycles. The van der Waals surface area contributed by atoms with E-state index < -0.39 is 17.4 Å². The Morgan fingerprint density at radius 2 is 1.84 bits per heavy atom. The lowest BCUT2D eigenvalue weighted by atomic mass is 9.82. The van der Waals surface area contributed by atoms with Crippen molar-refractivity contribution in [3.63, 3.8) is 0 Å². The van der Waals surface area contributed by atoms with Crippen LogP contribution in [-0.2, 0) is 10.3 Å². The summed E-state index contributed by atoms with van der Waals surface area (Å²) < 4.78 is 0. The van der Waals surface area contributed by atoms with E-state index in [1.54, 1.807) is 48.6 Å². The first-order valence-corrected chi connectivity index (χ1v) is 5.78. The van der Waals surface area contributed by atoms with Crippen LogP contribution in [0.15, 0.2) is 48.6 Å². The Labute approximate surface area is 110 Å². The molecule has 0 fully saturated rings. The van der Waals surface area contributed by atoms with Gasteiger partial charge in [0.1, 0.15) is 5.84 Å². The predicted molar refractivity (Wildman–Crippen MR) is 72.7 cm³/mol. The summed E-state index contributed by atoms with van der Waals surface area (Å²) in [5, 5.41) is 16.5. The lowest BCUT2D eigenvalue weighted by Gasteiger charge is -2.28. The minimum atomic E-state index is -0.936. The van der Waals surface area contributed by atoms with Gasteiger partial charge in [-0.05, 0) is 5.56 Å². The van der Waals surface area contributed by atoms with Crippen molar-refractivity contribution in [3.05, 3.63) is 59.7 Å². The van der Waals surface area contributed by atoms with Crippen molar-refractivity contribution in [3.8, 4) is 0 Å². The first-order valence-electron chi connectivity index (χ1n) is 5.78. The van der Waals surface area contributed by atoms with Crippen molar-refractivity contribution in [1.29, 1.82) is 5.41 Å². The molecule has 5 heteroatoms. The predicted octanol–water partition coefficient (Wildman–Crippen LogP) is 0.951. The molecule has 0 unspecified atom stereocenters. The van der Waals surface area contributed by atoms with Gasteiger partial charge in [-0.25, -0.2) is 0 Å². The zero-order valence-electron chi connectivity index (χ0n) is 10.2. The highest BCUT2D eigenvalue weighted by Crippen LogP contribution is 2.29. The van der Waals surface area contributed by atoms with Crippen LogP contribution in [0.5, 0.6) is 0 Å². The molecular formula is C14H15N3O2. The highest BCUT2D eigenvalue weighted by Gasteiger charge is 2.28. The van der Waals surface area contributed by atoms with Gasteiger partial charge < -0.3 is 16.6 Å². The van der Waals surface area contributed by atoms with Gasteiger partial charge in [-0.1, -0.05) is 48.6 Å². The van der Waals surface area contributed by atoms with Gasteiger partial charge in [-0.3, -0.25) is 10.2 Å². The molecule has 19 heavy (non-hydrogen) atoms. The molecule has 98 valence electrons. The Morgan fingerprint density at radius 3 is 2.37 bits per heavy atom. The van der Waals surface area contributed by atoms with Crippen LogP contribution in [-0.4, -0.2) is 16.9 Å². The van der Waals surface area contributed by atoms with E-state index in [1.807, 2.05) is 0 Å². The van der Waals surface area contributed by atoms with Gasteiger partial charge in [0.25, 0.3) is 0 Å². The summed E-state index contributed by atoms with van der Waals surface area (Å²) in [5.41, 5.74) is 12.1. The monoisotopic (exact) mass is 257 g/mol. The number of amidine groups is 1. The molecule has 0 bridgehead atoms. The van der Waals surface area contributed by atoms with E-state index in [4.69, 9.17) is 22.0 Å². The number of hydrogen-bond acceptors (Lipinski definition) is 3. The third-order valence-electron chi connectivity index (χ3n) is 3.13. The van der Waals surface area contributed by atoms with Crippen LogP contribution in [0.25, 0.3) is 0 Å². The van der Waals surface area contributed by atoms with E-state index in [9.17, 15) is 4.79 Å². The molecule has 0 amide bonds. The van der Waals surface area contributed by atoms with Crippen LogP contribution in [0, 0.1) is 11.3 Å². The molecule has 0 spiro atoms. The number of nitrogens with two attached hydrogens (primary N) is 2. The summed E-state index contributed by atoms with van der Waals surface area (Å²) in [6, 6.07) is 7.09. The number of benzene rings is 1. The second-order valence-electron chi connectivity index (χ2n) is 4.47. The number of carboxylic acid groups (broad SMARTS) is 1. The number of nitrogens with one attached hydrogen (secondary N) is 1. The lowest BCUT2D eigenvalue weighted by Crippen LogP contribution is -2.37. The topological polar surface area (TPSA) is 113 Å². The quantitative estimate of drug-likeness (QED) is 0.367. The SMILES string of the molecule is N=C(N)c1ccccc1C1(N)C=CC(C(=O)O)C=C1. The number of rotatable bonds is 3. The van der Waals surface area contributed by atoms with Crippen molar-refractivity contribution < 1.29 is 9.90 Å². The maximum atomic E-state index is 10.9. The van der Waals surface area contributed by atoms with Crippen LogP contribution in [0.2, 0.25) is 0 Å². The van der Waals surface area contributed by atoms with E-state index in [0.717, 1.165) is 0 Å². The molecule has 6 N–H and O–H groups in total. The summed E-state index contributed by atoms with van der Waals surface area (Å²) in [4.78, 5) is 10.9. The molecule has 1 aromatic rings. The molecule has 0 saturated heterocycles. The van der Waals surface area contributed by atoms with Crippen LogP contribution < -0.4 is 11.5 Å². The van der Waals surface area contributed by atoms with Gasteiger partial charge in [0.15, 0.2) is 0 Å². The average Bonchev–Trinajstić information content (AvgIpc) is 2.39. The second-order valence-corrected chi connectivity index (χ2v) is 4.47. The number of nitrogen functional groups attached to an aromatic ring is 1. The fourth-order valence-electron chi connectivity index (χ4n) is 2.09. The minimum Gasteiger partial charge on any atom is -0.481 e.